The van der Waals surface area contributed by atoms with E-state index in [0.29, 0.717) is 39.7 Å². The van der Waals surface area contributed by atoms with Crippen LogP contribution in [-0.4, -0.2) is 45.5 Å². The van der Waals surface area contributed by atoms with Gasteiger partial charge in [0.05, 0.1) is 10.9 Å². The van der Waals surface area contributed by atoms with E-state index in [1.165, 1.54) is 19.2 Å². The average Bonchev–Trinajstić information content (AvgIpc) is 3.48. The van der Waals surface area contributed by atoms with Crippen molar-refractivity contribution in [1.29, 1.82) is 0 Å². The number of hydrogen-bond donors (Lipinski definition) is 4. The van der Waals surface area contributed by atoms with Crippen LogP contribution in [0.25, 0.3) is 11.0 Å². The molecule has 172 valence electrons. The van der Waals surface area contributed by atoms with Gasteiger partial charge in [0.25, 0.3) is 0 Å². The predicted octanol–water partition coefficient (Wildman–Crippen LogP) is 3.23. The number of benzene rings is 1. The summed E-state index contributed by atoms with van der Waals surface area (Å²) in [5.41, 5.74) is 8.42. The minimum atomic E-state index is -0.262. The normalized spacial score (nSPS) is 17.3. The van der Waals surface area contributed by atoms with Crippen LogP contribution in [0.1, 0.15) is 60.5 Å². The van der Waals surface area contributed by atoms with Crippen LogP contribution in [0.15, 0.2) is 36.8 Å². The lowest BCUT2D eigenvalue weighted by molar-refractivity contribution is 0.104. The number of urea groups is 1. The van der Waals surface area contributed by atoms with Crippen molar-refractivity contribution in [3.05, 3.63) is 47.9 Å². The first kappa shape index (κ1) is 21.4. The van der Waals surface area contributed by atoms with Crippen molar-refractivity contribution >= 4 is 34.4 Å². The maximum atomic E-state index is 13.5. The first-order valence-corrected chi connectivity index (χ1v) is 11.6. The smallest absolute Gasteiger partial charge is 0.319 e. The van der Waals surface area contributed by atoms with Crippen LogP contribution in [0.4, 0.5) is 16.3 Å². The number of carbonyl (C=O) groups is 2. The van der Waals surface area contributed by atoms with E-state index >= 15 is 0 Å². The number of piperidine rings is 1. The van der Waals surface area contributed by atoms with Crippen LogP contribution in [0, 0.1) is 0 Å². The van der Waals surface area contributed by atoms with Gasteiger partial charge in [-0.15, -0.1) is 0 Å². The van der Waals surface area contributed by atoms with Crippen molar-refractivity contribution in [2.45, 2.75) is 50.6 Å². The molecule has 1 aromatic carbocycles. The zero-order valence-corrected chi connectivity index (χ0v) is 18.5. The lowest BCUT2D eigenvalue weighted by Gasteiger charge is -2.23. The molecule has 2 aliphatic rings. The van der Waals surface area contributed by atoms with E-state index in [9.17, 15) is 9.59 Å². The van der Waals surface area contributed by atoms with Crippen molar-refractivity contribution in [3.8, 4) is 0 Å². The molecule has 1 aliphatic carbocycles. The summed E-state index contributed by atoms with van der Waals surface area (Å²) in [7, 11) is 0. The van der Waals surface area contributed by atoms with Gasteiger partial charge in [-0.2, -0.15) is 0 Å². The Morgan fingerprint density at radius 1 is 1.09 bits per heavy atom. The van der Waals surface area contributed by atoms with Crippen LogP contribution in [-0.2, 0) is 0 Å². The summed E-state index contributed by atoms with van der Waals surface area (Å²) < 4.78 is 2.09. The summed E-state index contributed by atoms with van der Waals surface area (Å²) in [6.07, 6.45) is 9.59. The second-order valence-electron chi connectivity index (χ2n) is 8.88. The van der Waals surface area contributed by atoms with Gasteiger partial charge in [0.2, 0.25) is 0 Å². The minimum absolute atomic E-state index is 0.153. The maximum Gasteiger partial charge on any atom is 0.319 e. The van der Waals surface area contributed by atoms with Crippen molar-refractivity contribution in [3.63, 3.8) is 0 Å². The molecule has 2 fully saturated rings. The highest BCUT2D eigenvalue weighted by molar-refractivity contribution is 6.18. The Hall–Kier alpha value is -3.46. The average molecular weight is 448 g/mol. The molecule has 0 spiro atoms. The standard InChI is InChI=1S/C24H29N7O2/c25-22-20-19(13-31(18-6-1-2-7-18)23(20)28-14-27-22)21(32)15-4-3-5-17(12-15)30-24(33)29-16-8-10-26-11-9-16/h3-5,12-14,16,18,26H,1-2,6-11H2,(H2,25,27,28)(H2,29,30,33). The third kappa shape index (κ3) is 4.41. The number of nitrogens with two attached hydrogens (primary N) is 1. The summed E-state index contributed by atoms with van der Waals surface area (Å²) in [5, 5.41) is 9.73. The summed E-state index contributed by atoms with van der Waals surface area (Å²) in [5.74, 6) is 0.136. The third-order valence-corrected chi connectivity index (χ3v) is 6.66. The quantitative estimate of drug-likeness (QED) is 0.445. The predicted molar refractivity (Wildman–Crippen MR) is 127 cm³/mol. The second-order valence-corrected chi connectivity index (χ2v) is 8.88. The van der Waals surface area contributed by atoms with Gasteiger partial charge in [-0.1, -0.05) is 25.0 Å². The van der Waals surface area contributed by atoms with Gasteiger partial charge >= 0.3 is 6.03 Å². The third-order valence-electron chi connectivity index (χ3n) is 6.66. The number of hydrogen-bond acceptors (Lipinski definition) is 6. The van der Waals surface area contributed by atoms with E-state index in [2.05, 4.69) is 30.5 Å². The molecular formula is C24H29N7O2. The molecule has 1 aliphatic heterocycles. The largest absolute Gasteiger partial charge is 0.383 e. The van der Waals surface area contributed by atoms with Crippen LogP contribution >= 0.6 is 0 Å². The Kier molecular flexibility index (Phi) is 5.95. The number of carbonyl (C=O) groups excluding carboxylic acids is 2. The Morgan fingerprint density at radius 2 is 1.88 bits per heavy atom. The molecule has 0 unspecified atom stereocenters. The molecule has 3 heterocycles. The van der Waals surface area contributed by atoms with Crippen molar-refractivity contribution in [2.75, 3.05) is 24.1 Å². The molecular weight excluding hydrogens is 418 g/mol. The van der Waals surface area contributed by atoms with Gasteiger partial charge in [-0.05, 0) is 50.9 Å². The van der Waals surface area contributed by atoms with E-state index in [-0.39, 0.29) is 17.9 Å². The van der Waals surface area contributed by atoms with E-state index in [1.54, 1.807) is 24.3 Å². The lowest BCUT2D eigenvalue weighted by Crippen LogP contribution is -2.44. The lowest BCUT2D eigenvalue weighted by atomic mass is 10.0. The molecule has 1 saturated heterocycles. The van der Waals surface area contributed by atoms with Gasteiger partial charge in [0, 0.05) is 29.5 Å². The zero-order valence-electron chi connectivity index (χ0n) is 18.5. The van der Waals surface area contributed by atoms with E-state index < -0.39 is 0 Å². The van der Waals surface area contributed by atoms with E-state index in [4.69, 9.17) is 5.73 Å². The minimum Gasteiger partial charge on any atom is -0.383 e. The number of ketones is 1. The summed E-state index contributed by atoms with van der Waals surface area (Å²) >= 11 is 0. The summed E-state index contributed by atoms with van der Waals surface area (Å²) in [4.78, 5) is 34.5. The van der Waals surface area contributed by atoms with Crippen LogP contribution < -0.4 is 21.7 Å². The molecule has 1 saturated carbocycles. The monoisotopic (exact) mass is 447 g/mol. The van der Waals surface area contributed by atoms with Crippen molar-refractivity contribution in [1.82, 2.24) is 25.2 Å². The molecule has 2 aromatic heterocycles. The summed E-state index contributed by atoms with van der Waals surface area (Å²) in [6.45, 7) is 1.80. The number of anilines is 2. The molecule has 33 heavy (non-hydrogen) atoms. The van der Waals surface area contributed by atoms with Gasteiger partial charge in [0.15, 0.2) is 5.78 Å². The number of nitrogens with zero attached hydrogens (tertiary/aromatic N) is 3. The van der Waals surface area contributed by atoms with Gasteiger partial charge in [-0.25, -0.2) is 14.8 Å². The van der Waals surface area contributed by atoms with Crippen LogP contribution in [0.3, 0.4) is 0 Å². The number of amides is 2. The highest BCUT2D eigenvalue weighted by Gasteiger charge is 2.25. The SMILES string of the molecule is Nc1ncnc2c1c(C(=O)c1cccc(NC(=O)NC3CCNCC3)c1)cn2C1CCCC1. The molecule has 5 N–H and O–H groups in total. The molecule has 0 radical (unpaired) electrons. The van der Waals surface area contributed by atoms with Crippen molar-refractivity contribution in [2.24, 2.45) is 0 Å². The Balaban J connectivity index is 1.40. The first-order chi connectivity index (χ1) is 16.1. The van der Waals surface area contributed by atoms with Gasteiger partial charge in [-0.3, -0.25) is 4.79 Å². The highest BCUT2D eigenvalue weighted by Crippen LogP contribution is 2.35. The number of rotatable bonds is 5. The fourth-order valence-corrected chi connectivity index (χ4v) is 4.95. The molecule has 0 bridgehead atoms. The molecule has 9 nitrogen and oxygen atoms in total. The van der Waals surface area contributed by atoms with Crippen molar-refractivity contribution < 1.29 is 9.59 Å². The maximum absolute atomic E-state index is 13.5. The molecule has 9 heteroatoms. The number of nitrogen functional groups attached to an aromatic ring is 1. The fraction of sp³-hybridized carbons (Fsp3) is 0.417. The molecule has 3 aromatic rings. The Bertz CT molecular complexity index is 1180. The van der Waals surface area contributed by atoms with E-state index in [1.807, 2.05) is 6.20 Å². The van der Waals surface area contributed by atoms with Gasteiger partial charge < -0.3 is 26.3 Å². The van der Waals surface area contributed by atoms with Crippen LogP contribution in [0.2, 0.25) is 0 Å². The number of fused-ring (bicyclic) bond motifs is 1. The van der Waals surface area contributed by atoms with E-state index in [0.717, 1.165) is 38.8 Å². The number of nitrogens with one attached hydrogen (secondary N) is 3. The second kappa shape index (κ2) is 9.19. The summed E-state index contributed by atoms with van der Waals surface area (Å²) in [6, 6.07) is 7.19. The topological polar surface area (TPSA) is 127 Å². The van der Waals surface area contributed by atoms with Gasteiger partial charge in [0.1, 0.15) is 17.8 Å². The highest BCUT2D eigenvalue weighted by atomic mass is 16.2. The Morgan fingerprint density at radius 3 is 2.67 bits per heavy atom. The molecule has 5 rings (SSSR count). The molecule has 0 atom stereocenters. The Labute approximate surface area is 192 Å². The number of aromatic nitrogens is 3. The zero-order chi connectivity index (χ0) is 22.8. The first-order valence-electron chi connectivity index (χ1n) is 11.6. The van der Waals surface area contributed by atoms with Crippen LogP contribution in [0.5, 0.6) is 0 Å². The molecule has 2 amide bonds. The fourth-order valence-electron chi connectivity index (χ4n) is 4.95.